The predicted molar refractivity (Wildman–Crippen MR) is 83.4 cm³/mol. The molecule has 1 aromatic heterocycles. The normalized spacial score (nSPS) is 15.2. The summed E-state index contributed by atoms with van der Waals surface area (Å²) in [4.78, 5) is 24.7. The lowest BCUT2D eigenvalue weighted by molar-refractivity contribution is -0.138. The van der Waals surface area contributed by atoms with Crippen LogP contribution < -0.4 is 10.2 Å². The van der Waals surface area contributed by atoms with Crippen molar-refractivity contribution in [2.24, 2.45) is 0 Å². The van der Waals surface area contributed by atoms with E-state index in [1.807, 2.05) is 4.90 Å². The fourth-order valence-corrected chi connectivity index (χ4v) is 2.00. The van der Waals surface area contributed by atoms with Gasteiger partial charge in [-0.05, 0) is 19.0 Å². The average Bonchev–Trinajstić information content (AvgIpc) is 2.82. The fourth-order valence-electron chi connectivity index (χ4n) is 2.00. The summed E-state index contributed by atoms with van der Waals surface area (Å²) in [5.74, 6) is -2.51. The van der Waals surface area contributed by atoms with Gasteiger partial charge in [0.05, 0.1) is 17.4 Å². The van der Waals surface area contributed by atoms with E-state index in [1.54, 1.807) is 0 Å². The first-order valence-corrected chi connectivity index (χ1v) is 7.32. The van der Waals surface area contributed by atoms with Crippen molar-refractivity contribution < 1.29 is 33.0 Å². The van der Waals surface area contributed by atoms with Crippen molar-refractivity contribution in [2.45, 2.75) is 12.6 Å². The molecule has 10 heteroatoms. The van der Waals surface area contributed by atoms with Crippen molar-refractivity contribution in [3.05, 3.63) is 36.2 Å². The van der Waals surface area contributed by atoms with Crippen LogP contribution in [0.1, 0.15) is 12.0 Å². The maximum absolute atomic E-state index is 12.5. The van der Waals surface area contributed by atoms with Gasteiger partial charge in [-0.1, -0.05) is 0 Å². The lowest BCUT2D eigenvalue weighted by atomic mass is 10.2. The third kappa shape index (κ3) is 8.15. The van der Waals surface area contributed by atoms with Crippen molar-refractivity contribution in [1.29, 1.82) is 0 Å². The van der Waals surface area contributed by atoms with Crippen molar-refractivity contribution in [1.82, 2.24) is 10.3 Å². The second-order valence-electron chi connectivity index (χ2n) is 5.03. The smallest absolute Gasteiger partial charge is 0.417 e. The van der Waals surface area contributed by atoms with Crippen LogP contribution >= 0.6 is 0 Å². The number of carboxylic acid groups (broad SMARTS) is 2. The largest absolute Gasteiger partial charge is 0.478 e. The minimum absolute atomic E-state index is 0.545. The number of anilines is 1. The molecular weight excluding hydrogens is 343 g/mol. The van der Waals surface area contributed by atoms with Gasteiger partial charge in [0.2, 0.25) is 0 Å². The first-order valence-electron chi connectivity index (χ1n) is 7.32. The molecule has 7 nitrogen and oxygen atoms in total. The molecule has 138 valence electrons. The van der Waals surface area contributed by atoms with Gasteiger partial charge in [0, 0.05) is 38.0 Å². The lowest BCUT2D eigenvalue weighted by Gasteiger charge is -2.22. The van der Waals surface area contributed by atoms with Gasteiger partial charge < -0.3 is 20.4 Å². The van der Waals surface area contributed by atoms with Gasteiger partial charge in [-0.25, -0.2) is 9.59 Å². The Kier molecular flexibility index (Phi) is 7.86. The van der Waals surface area contributed by atoms with Gasteiger partial charge in [0.25, 0.3) is 0 Å². The molecule has 0 amide bonds. The van der Waals surface area contributed by atoms with Crippen LogP contribution in [0, 0.1) is 0 Å². The number of aromatic nitrogens is 1. The number of halogens is 3. The number of hydrogen-bond donors (Lipinski definition) is 3. The lowest BCUT2D eigenvalue weighted by Crippen LogP contribution is -2.28. The van der Waals surface area contributed by atoms with Crippen LogP contribution in [-0.4, -0.2) is 53.3 Å². The molecule has 2 rings (SSSR count). The zero-order valence-corrected chi connectivity index (χ0v) is 13.2. The summed E-state index contributed by atoms with van der Waals surface area (Å²) < 4.78 is 37.6. The van der Waals surface area contributed by atoms with E-state index in [2.05, 4.69) is 10.3 Å². The number of pyridine rings is 1. The Labute approximate surface area is 141 Å². The minimum Gasteiger partial charge on any atom is -0.478 e. The maximum Gasteiger partial charge on any atom is 0.417 e. The number of nitrogens with zero attached hydrogens (tertiary/aromatic N) is 2. The van der Waals surface area contributed by atoms with Crippen molar-refractivity contribution in [2.75, 3.05) is 31.1 Å². The van der Waals surface area contributed by atoms with E-state index >= 15 is 0 Å². The predicted octanol–water partition coefficient (Wildman–Crippen LogP) is 1.61. The quantitative estimate of drug-likeness (QED) is 0.703. The third-order valence-electron chi connectivity index (χ3n) is 3.12. The molecule has 1 aromatic rings. The van der Waals surface area contributed by atoms with Gasteiger partial charge in [0.15, 0.2) is 0 Å². The second kappa shape index (κ2) is 9.62. The Morgan fingerprint density at radius 1 is 1.12 bits per heavy atom. The topological polar surface area (TPSA) is 103 Å². The van der Waals surface area contributed by atoms with E-state index < -0.39 is 23.7 Å². The summed E-state index contributed by atoms with van der Waals surface area (Å²) in [5.41, 5.74) is -0.143. The number of aliphatic carboxylic acids is 2. The molecule has 1 aliphatic rings. The van der Waals surface area contributed by atoms with Crippen LogP contribution in [0.15, 0.2) is 30.6 Å². The molecule has 0 aromatic carbocycles. The second-order valence-corrected chi connectivity index (χ2v) is 5.03. The molecule has 0 radical (unpaired) electrons. The Morgan fingerprint density at radius 2 is 1.76 bits per heavy atom. The molecule has 1 saturated heterocycles. The molecular formula is C15H18F3N3O4. The maximum atomic E-state index is 12.5. The van der Waals surface area contributed by atoms with Crippen LogP contribution in [0.2, 0.25) is 0 Å². The molecule has 0 spiro atoms. The van der Waals surface area contributed by atoms with E-state index in [-0.39, 0.29) is 0 Å². The average molecular weight is 361 g/mol. The molecule has 25 heavy (non-hydrogen) atoms. The van der Waals surface area contributed by atoms with Crippen molar-refractivity contribution in [3.8, 4) is 0 Å². The van der Waals surface area contributed by atoms with Crippen LogP contribution in [0.25, 0.3) is 0 Å². The Morgan fingerprint density at radius 3 is 2.32 bits per heavy atom. The summed E-state index contributed by atoms with van der Waals surface area (Å²) in [6.07, 6.45) is 0.0636. The van der Waals surface area contributed by atoms with E-state index in [0.29, 0.717) is 24.4 Å². The minimum atomic E-state index is -4.33. The van der Waals surface area contributed by atoms with Gasteiger partial charge >= 0.3 is 18.1 Å². The van der Waals surface area contributed by atoms with Crippen LogP contribution in [0.4, 0.5) is 18.9 Å². The fraction of sp³-hybridized carbons (Fsp3) is 0.400. The molecule has 0 unspecified atom stereocenters. The van der Waals surface area contributed by atoms with E-state index in [1.165, 1.54) is 6.20 Å². The number of hydrogen-bond acceptors (Lipinski definition) is 5. The van der Waals surface area contributed by atoms with Crippen molar-refractivity contribution >= 4 is 17.6 Å². The molecule has 3 N–H and O–H groups in total. The van der Waals surface area contributed by atoms with E-state index in [9.17, 15) is 22.8 Å². The van der Waals surface area contributed by atoms with Gasteiger partial charge in [0.1, 0.15) is 0 Å². The summed E-state index contributed by atoms with van der Waals surface area (Å²) in [6, 6.07) is 1.16. The Hall–Kier alpha value is -2.62. The number of nitrogens with one attached hydrogen (secondary N) is 1. The van der Waals surface area contributed by atoms with Gasteiger partial charge in [-0.2, -0.15) is 13.2 Å². The zero-order valence-electron chi connectivity index (χ0n) is 13.2. The number of carboxylic acids is 2. The summed E-state index contributed by atoms with van der Waals surface area (Å²) >= 11 is 0. The molecule has 0 atom stereocenters. The SMILES string of the molecule is FC(F)(F)c1cncc(N2CCCNCC2)c1.O=C(O)/C=C/C(=O)O. The Bertz CT molecular complexity index is 596. The summed E-state index contributed by atoms with van der Waals surface area (Å²) in [6.45, 7) is 3.16. The summed E-state index contributed by atoms with van der Waals surface area (Å²) in [5, 5.41) is 18.8. The molecule has 0 bridgehead atoms. The summed E-state index contributed by atoms with van der Waals surface area (Å²) in [7, 11) is 0. The highest BCUT2D eigenvalue weighted by molar-refractivity contribution is 5.89. The molecule has 0 aliphatic carbocycles. The van der Waals surface area contributed by atoms with Gasteiger partial charge in [-0.3, -0.25) is 4.98 Å². The monoisotopic (exact) mass is 361 g/mol. The van der Waals surface area contributed by atoms with E-state index in [4.69, 9.17) is 10.2 Å². The number of carbonyl (C=O) groups is 2. The molecule has 2 heterocycles. The van der Waals surface area contributed by atoms with Crippen LogP contribution in [0.5, 0.6) is 0 Å². The first-order chi connectivity index (χ1) is 11.7. The third-order valence-corrected chi connectivity index (χ3v) is 3.12. The highest BCUT2D eigenvalue weighted by atomic mass is 19.4. The number of alkyl halides is 3. The first kappa shape index (κ1) is 20.4. The molecule has 0 saturated carbocycles. The Balaban J connectivity index is 0.000000333. The molecule has 1 aliphatic heterocycles. The molecule has 1 fully saturated rings. The highest BCUT2D eigenvalue weighted by Crippen LogP contribution is 2.30. The van der Waals surface area contributed by atoms with Crippen LogP contribution in [-0.2, 0) is 15.8 Å². The zero-order chi connectivity index (χ0) is 18.9. The van der Waals surface area contributed by atoms with Crippen molar-refractivity contribution in [3.63, 3.8) is 0 Å². The van der Waals surface area contributed by atoms with Gasteiger partial charge in [-0.15, -0.1) is 0 Å². The highest BCUT2D eigenvalue weighted by Gasteiger charge is 2.31. The van der Waals surface area contributed by atoms with E-state index in [0.717, 1.165) is 38.3 Å². The standard InChI is InChI=1S/C11H14F3N3.C4H4O4/c12-11(13,14)9-6-10(8-16-7-9)17-4-1-2-15-3-5-17;5-3(6)1-2-4(7)8/h6-8,15H,1-5H2;1-2H,(H,5,6)(H,7,8)/b;2-1+. The van der Waals surface area contributed by atoms with Crippen LogP contribution in [0.3, 0.4) is 0 Å². The number of rotatable bonds is 3.